The third kappa shape index (κ3) is 3.23. The molecule has 18 heavy (non-hydrogen) atoms. The van der Waals surface area contributed by atoms with Crippen molar-refractivity contribution in [2.45, 2.75) is 25.8 Å². The Labute approximate surface area is 114 Å². The molecular weight excluding hydrogens is 274 g/mol. The van der Waals surface area contributed by atoms with Gasteiger partial charge in [0.15, 0.2) is 0 Å². The van der Waals surface area contributed by atoms with Gasteiger partial charge in [0.1, 0.15) is 6.54 Å². The number of rotatable bonds is 5. The van der Waals surface area contributed by atoms with Gasteiger partial charge in [-0.3, -0.25) is 9.59 Å². The fourth-order valence-corrected chi connectivity index (χ4v) is 2.67. The van der Waals surface area contributed by atoms with Crippen LogP contribution in [0.3, 0.4) is 0 Å². The third-order valence-electron chi connectivity index (χ3n) is 2.64. The highest BCUT2D eigenvalue weighted by Gasteiger charge is 2.35. The highest BCUT2D eigenvalue weighted by atomic mass is 35.5. The Morgan fingerprint density at radius 1 is 1.50 bits per heavy atom. The lowest BCUT2D eigenvalue weighted by Gasteiger charge is -2.20. The van der Waals surface area contributed by atoms with Crippen LogP contribution in [0.25, 0.3) is 0 Å². The largest absolute Gasteiger partial charge is 0.465 e. The maximum Gasteiger partial charge on any atom is 0.325 e. The first-order valence-electron chi connectivity index (χ1n) is 5.83. The molecular formula is C12H14ClNO3S. The Morgan fingerprint density at radius 3 is 2.72 bits per heavy atom. The molecule has 2 rings (SSSR count). The minimum absolute atomic E-state index is 0.0207. The van der Waals surface area contributed by atoms with E-state index in [1.807, 2.05) is 0 Å². The van der Waals surface area contributed by atoms with Crippen molar-refractivity contribution < 1.29 is 14.3 Å². The number of ether oxygens (including phenoxy) is 1. The first kappa shape index (κ1) is 13.4. The number of carbonyl (C=O) groups is 2. The lowest BCUT2D eigenvalue weighted by Crippen LogP contribution is -2.37. The molecule has 4 nitrogen and oxygen atoms in total. The Hall–Kier alpha value is -1.07. The van der Waals surface area contributed by atoms with Gasteiger partial charge < -0.3 is 9.64 Å². The molecule has 0 N–H and O–H groups in total. The van der Waals surface area contributed by atoms with Gasteiger partial charge in [-0.15, -0.1) is 11.3 Å². The molecule has 98 valence electrons. The zero-order chi connectivity index (χ0) is 13.1. The fourth-order valence-electron chi connectivity index (χ4n) is 1.67. The zero-order valence-corrected chi connectivity index (χ0v) is 11.6. The Morgan fingerprint density at radius 2 is 2.22 bits per heavy atom. The van der Waals surface area contributed by atoms with E-state index in [-0.39, 0.29) is 24.5 Å². The summed E-state index contributed by atoms with van der Waals surface area (Å²) in [4.78, 5) is 25.9. The van der Waals surface area contributed by atoms with Crippen LogP contribution in [-0.2, 0) is 9.53 Å². The molecule has 0 radical (unpaired) electrons. The molecule has 6 heteroatoms. The van der Waals surface area contributed by atoms with E-state index in [4.69, 9.17) is 16.3 Å². The summed E-state index contributed by atoms with van der Waals surface area (Å²) < 4.78 is 5.46. The van der Waals surface area contributed by atoms with Gasteiger partial charge >= 0.3 is 5.97 Å². The smallest absolute Gasteiger partial charge is 0.325 e. The highest BCUT2D eigenvalue weighted by Crippen LogP contribution is 2.30. The van der Waals surface area contributed by atoms with E-state index in [0.29, 0.717) is 15.8 Å². The molecule has 0 aliphatic heterocycles. The maximum atomic E-state index is 12.2. The minimum atomic E-state index is -0.361. The Bertz CT molecular complexity index is 456. The average molecular weight is 288 g/mol. The van der Waals surface area contributed by atoms with Gasteiger partial charge in [-0.1, -0.05) is 11.6 Å². The molecule has 1 aromatic rings. The fraction of sp³-hybridized carbons (Fsp3) is 0.500. The standard InChI is InChI=1S/C12H14ClNO3S/c1-2-17-11(15)7-14(8-3-4-8)12(16)9-5-6-10(13)18-9/h5-6,8H,2-4,7H2,1H3. The van der Waals surface area contributed by atoms with Gasteiger partial charge in [0.05, 0.1) is 15.8 Å². The number of esters is 1. The van der Waals surface area contributed by atoms with Crippen LogP contribution in [0.4, 0.5) is 0 Å². The second-order valence-electron chi connectivity index (χ2n) is 4.07. The average Bonchev–Trinajstić information content (AvgIpc) is 3.08. The van der Waals surface area contributed by atoms with Crippen molar-refractivity contribution in [2.24, 2.45) is 0 Å². The van der Waals surface area contributed by atoms with Crippen molar-refractivity contribution in [3.63, 3.8) is 0 Å². The second kappa shape index (κ2) is 5.71. The van der Waals surface area contributed by atoms with Gasteiger partial charge in [0.2, 0.25) is 0 Å². The topological polar surface area (TPSA) is 46.6 Å². The van der Waals surface area contributed by atoms with E-state index >= 15 is 0 Å². The van der Waals surface area contributed by atoms with Crippen LogP contribution in [0.5, 0.6) is 0 Å². The van der Waals surface area contributed by atoms with Crippen LogP contribution >= 0.6 is 22.9 Å². The van der Waals surface area contributed by atoms with Crippen molar-refractivity contribution in [3.05, 3.63) is 21.3 Å². The summed E-state index contributed by atoms with van der Waals surface area (Å²) in [5, 5.41) is 0. The van der Waals surface area contributed by atoms with Gasteiger partial charge in [-0.05, 0) is 31.9 Å². The summed E-state index contributed by atoms with van der Waals surface area (Å²) in [6.45, 7) is 2.10. The number of halogens is 1. The molecule has 1 aromatic heterocycles. The van der Waals surface area contributed by atoms with E-state index in [1.54, 1.807) is 24.0 Å². The first-order valence-corrected chi connectivity index (χ1v) is 7.03. The Kier molecular flexibility index (Phi) is 4.24. The molecule has 0 saturated heterocycles. The van der Waals surface area contributed by atoms with E-state index in [0.717, 1.165) is 12.8 Å². The van der Waals surface area contributed by atoms with E-state index in [2.05, 4.69) is 0 Å². The Balaban J connectivity index is 2.05. The van der Waals surface area contributed by atoms with Crippen LogP contribution in [0.2, 0.25) is 4.34 Å². The molecule has 0 unspecified atom stereocenters. The zero-order valence-electron chi connectivity index (χ0n) is 10.0. The van der Waals surface area contributed by atoms with E-state index < -0.39 is 0 Å². The van der Waals surface area contributed by atoms with Crippen molar-refractivity contribution >= 4 is 34.8 Å². The lowest BCUT2D eigenvalue weighted by atomic mass is 10.3. The van der Waals surface area contributed by atoms with Gasteiger partial charge in [-0.25, -0.2) is 0 Å². The second-order valence-corrected chi connectivity index (χ2v) is 5.79. The number of hydrogen-bond acceptors (Lipinski definition) is 4. The normalized spacial score (nSPS) is 14.3. The number of hydrogen-bond donors (Lipinski definition) is 0. The minimum Gasteiger partial charge on any atom is -0.465 e. The molecule has 1 heterocycles. The summed E-state index contributed by atoms with van der Waals surface area (Å²) >= 11 is 7.05. The van der Waals surface area contributed by atoms with Gasteiger partial charge in [0, 0.05) is 6.04 Å². The summed E-state index contributed by atoms with van der Waals surface area (Å²) in [5.74, 6) is -0.497. The maximum absolute atomic E-state index is 12.2. The number of amides is 1. The van der Waals surface area contributed by atoms with Crippen molar-refractivity contribution in [1.29, 1.82) is 0 Å². The molecule has 1 aliphatic rings. The molecule has 0 aromatic carbocycles. The van der Waals surface area contributed by atoms with E-state index in [1.165, 1.54) is 11.3 Å². The van der Waals surface area contributed by atoms with Crippen LogP contribution < -0.4 is 0 Å². The van der Waals surface area contributed by atoms with Gasteiger partial charge in [0.25, 0.3) is 5.91 Å². The van der Waals surface area contributed by atoms with Crippen LogP contribution in [-0.4, -0.2) is 36.0 Å². The molecule has 0 atom stereocenters. The molecule has 1 aliphatic carbocycles. The highest BCUT2D eigenvalue weighted by molar-refractivity contribution is 7.17. The molecule has 1 amide bonds. The summed E-state index contributed by atoms with van der Waals surface area (Å²) in [6, 6.07) is 3.55. The number of thiophene rings is 1. The quantitative estimate of drug-likeness (QED) is 0.782. The monoisotopic (exact) mass is 287 g/mol. The third-order valence-corrected chi connectivity index (χ3v) is 3.86. The van der Waals surface area contributed by atoms with Crippen molar-refractivity contribution in [1.82, 2.24) is 4.90 Å². The molecule has 1 saturated carbocycles. The first-order chi connectivity index (χ1) is 8.61. The lowest BCUT2D eigenvalue weighted by molar-refractivity contribution is -0.143. The SMILES string of the molecule is CCOC(=O)CN(C(=O)c1ccc(Cl)s1)C1CC1. The number of carbonyl (C=O) groups excluding carboxylic acids is 2. The van der Waals surface area contributed by atoms with Crippen LogP contribution in [0, 0.1) is 0 Å². The van der Waals surface area contributed by atoms with E-state index in [9.17, 15) is 9.59 Å². The molecule has 0 spiro atoms. The predicted octanol–water partition coefficient (Wildman–Crippen LogP) is 2.57. The summed E-state index contributed by atoms with van der Waals surface area (Å²) in [7, 11) is 0. The van der Waals surface area contributed by atoms with Crippen LogP contribution in [0.15, 0.2) is 12.1 Å². The van der Waals surface area contributed by atoms with Crippen LogP contribution in [0.1, 0.15) is 29.4 Å². The van der Waals surface area contributed by atoms with Crippen molar-refractivity contribution in [2.75, 3.05) is 13.2 Å². The summed E-state index contributed by atoms with van der Waals surface area (Å²) in [6.07, 6.45) is 1.90. The number of nitrogens with zero attached hydrogens (tertiary/aromatic N) is 1. The molecule has 0 bridgehead atoms. The van der Waals surface area contributed by atoms with Gasteiger partial charge in [-0.2, -0.15) is 0 Å². The molecule has 1 fully saturated rings. The van der Waals surface area contributed by atoms with Crippen molar-refractivity contribution in [3.8, 4) is 0 Å². The predicted molar refractivity (Wildman–Crippen MR) is 70.0 cm³/mol. The summed E-state index contributed by atoms with van der Waals surface area (Å²) in [5.41, 5.74) is 0.